The molecular formula is C12H24N4. The van der Waals surface area contributed by atoms with Gasteiger partial charge in [-0.25, -0.2) is 4.98 Å². The van der Waals surface area contributed by atoms with Crippen LogP contribution in [0.2, 0.25) is 0 Å². The minimum Gasteiger partial charge on any atom is -0.338 e. The van der Waals surface area contributed by atoms with E-state index in [1.807, 2.05) is 19.4 Å². The maximum absolute atomic E-state index is 5.83. The summed E-state index contributed by atoms with van der Waals surface area (Å²) >= 11 is 0. The minimum atomic E-state index is 0.102. The normalized spacial score (nSPS) is 15.4. The molecule has 0 aliphatic heterocycles. The molecule has 1 atom stereocenters. The van der Waals surface area contributed by atoms with Gasteiger partial charge >= 0.3 is 0 Å². The van der Waals surface area contributed by atoms with Crippen LogP contribution in [0.25, 0.3) is 0 Å². The molecule has 92 valence electrons. The molecule has 0 aliphatic carbocycles. The topological polar surface area (TPSA) is 47.1 Å². The second-order valence-corrected chi connectivity index (χ2v) is 4.68. The summed E-state index contributed by atoms with van der Waals surface area (Å²) in [6, 6.07) is 0. The maximum Gasteiger partial charge on any atom is 0.109 e. The lowest BCUT2D eigenvalue weighted by molar-refractivity contribution is 0.140. The fourth-order valence-corrected chi connectivity index (χ4v) is 1.75. The van der Waals surface area contributed by atoms with E-state index in [0.29, 0.717) is 6.54 Å². The molecule has 1 unspecified atom stereocenters. The van der Waals surface area contributed by atoms with Gasteiger partial charge in [-0.05, 0) is 20.4 Å². The van der Waals surface area contributed by atoms with E-state index in [2.05, 4.69) is 35.3 Å². The Kier molecular flexibility index (Phi) is 4.50. The highest BCUT2D eigenvalue weighted by Gasteiger charge is 2.25. The van der Waals surface area contributed by atoms with Crippen LogP contribution in [0.15, 0.2) is 12.4 Å². The zero-order chi connectivity index (χ0) is 12.2. The second-order valence-electron chi connectivity index (χ2n) is 4.68. The summed E-state index contributed by atoms with van der Waals surface area (Å²) in [4.78, 5) is 6.66. The first kappa shape index (κ1) is 13.2. The predicted molar refractivity (Wildman–Crippen MR) is 67.3 cm³/mol. The number of likely N-dealkylation sites (N-methyl/N-ethyl adjacent to an activating group) is 1. The summed E-state index contributed by atoms with van der Waals surface area (Å²) in [5.74, 6) is 1.13. The highest BCUT2D eigenvalue weighted by molar-refractivity contribution is 4.93. The number of aromatic nitrogens is 2. The smallest absolute Gasteiger partial charge is 0.109 e. The Bertz CT molecular complexity index is 315. The molecule has 1 aromatic rings. The first-order valence-electron chi connectivity index (χ1n) is 5.91. The van der Waals surface area contributed by atoms with Crippen LogP contribution in [-0.2, 0) is 13.5 Å². The molecule has 0 radical (unpaired) electrons. The zero-order valence-corrected chi connectivity index (χ0v) is 10.9. The van der Waals surface area contributed by atoms with Crippen molar-refractivity contribution in [1.29, 1.82) is 0 Å². The molecule has 0 amide bonds. The van der Waals surface area contributed by atoms with Crippen LogP contribution in [-0.4, -0.2) is 40.1 Å². The first-order valence-corrected chi connectivity index (χ1v) is 5.91. The summed E-state index contributed by atoms with van der Waals surface area (Å²) in [6.07, 6.45) is 5.87. The van der Waals surface area contributed by atoms with Crippen molar-refractivity contribution >= 4 is 0 Å². The SMILES string of the molecule is CCC(C)(CN)N(C)CCc1nccn1C. The van der Waals surface area contributed by atoms with Crippen LogP contribution in [0.3, 0.4) is 0 Å². The number of nitrogens with zero attached hydrogens (tertiary/aromatic N) is 3. The summed E-state index contributed by atoms with van der Waals surface area (Å²) < 4.78 is 2.07. The molecule has 0 aromatic carbocycles. The van der Waals surface area contributed by atoms with E-state index >= 15 is 0 Å². The molecule has 0 fully saturated rings. The molecule has 1 rings (SSSR count). The van der Waals surface area contributed by atoms with Crippen molar-refractivity contribution in [3.63, 3.8) is 0 Å². The van der Waals surface area contributed by atoms with E-state index < -0.39 is 0 Å². The third-order valence-electron chi connectivity index (χ3n) is 3.71. The molecule has 1 heterocycles. The monoisotopic (exact) mass is 224 g/mol. The van der Waals surface area contributed by atoms with Crippen molar-refractivity contribution in [3.8, 4) is 0 Å². The van der Waals surface area contributed by atoms with Gasteiger partial charge in [0.1, 0.15) is 5.82 Å². The van der Waals surface area contributed by atoms with Crippen molar-refractivity contribution in [1.82, 2.24) is 14.5 Å². The third-order valence-corrected chi connectivity index (χ3v) is 3.71. The number of rotatable bonds is 6. The molecule has 0 aliphatic rings. The molecule has 16 heavy (non-hydrogen) atoms. The van der Waals surface area contributed by atoms with E-state index in [1.54, 1.807) is 0 Å². The van der Waals surface area contributed by atoms with Gasteiger partial charge in [-0.3, -0.25) is 4.90 Å². The largest absolute Gasteiger partial charge is 0.338 e. The Balaban J connectivity index is 2.52. The average Bonchev–Trinajstić information content (AvgIpc) is 2.70. The standard InChI is InChI=1S/C12H24N4/c1-5-12(2,10-13)16(4)8-6-11-14-7-9-15(11)3/h7,9H,5-6,8,10,13H2,1-4H3. The first-order chi connectivity index (χ1) is 7.53. The van der Waals surface area contributed by atoms with Gasteiger partial charge in [-0.15, -0.1) is 0 Å². The van der Waals surface area contributed by atoms with Crippen molar-refractivity contribution < 1.29 is 0 Å². The van der Waals surface area contributed by atoms with Gasteiger partial charge in [0.25, 0.3) is 0 Å². The number of hydrogen-bond donors (Lipinski definition) is 1. The van der Waals surface area contributed by atoms with Gasteiger partial charge in [0.05, 0.1) is 0 Å². The van der Waals surface area contributed by atoms with Crippen molar-refractivity contribution in [2.75, 3.05) is 20.1 Å². The number of aryl methyl sites for hydroxylation is 1. The molecule has 0 saturated heterocycles. The Morgan fingerprint density at radius 2 is 2.25 bits per heavy atom. The minimum absolute atomic E-state index is 0.102. The molecule has 4 nitrogen and oxygen atoms in total. The highest BCUT2D eigenvalue weighted by Crippen LogP contribution is 2.16. The molecular weight excluding hydrogens is 200 g/mol. The Morgan fingerprint density at radius 3 is 2.69 bits per heavy atom. The van der Waals surface area contributed by atoms with Crippen LogP contribution in [0, 0.1) is 0 Å². The van der Waals surface area contributed by atoms with Crippen LogP contribution in [0.5, 0.6) is 0 Å². The van der Waals surface area contributed by atoms with Crippen LogP contribution in [0.4, 0.5) is 0 Å². The number of nitrogens with two attached hydrogens (primary N) is 1. The van der Waals surface area contributed by atoms with Gasteiger partial charge in [0.15, 0.2) is 0 Å². The highest BCUT2D eigenvalue weighted by atomic mass is 15.2. The molecule has 0 bridgehead atoms. The molecule has 0 saturated carbocycles. The summed E-state index contributed by atoms with van der Waals surface area (Å²) in [7, 11) is 4.17. The van der Waals surface area contributed by atoms with E-state index in [4.69, 9.17) is 5.73 Å². The summed E-state index contributed by atoms with van der Waals surface area (Å²) in [6.45, 7) is 6.09. The second kappa shape index (κ2) is 5.46. The van der Waals surface area contributed by atoms with Crippen molar-refractivity contribution in [2.45, 2.75) is 32.2 Å². The fraction of sp³-hybridized carbons (Fsp3) is 0.750. The van der Waals surface area contributed by atoms with Gasteiger partial charge in [0.2, 0.25) is 0 Å². The molecule has 2 N–H and O–H groups in total. The van der Waals surface area contributed by atoms with E-state index in [0.717, 1.165) is 25.2 Å². The molecule has 0 spiro atoms. The number of imidazole rings is 1. The Labute approximate surface area is 98.5 Å². The third kappa shape index (κ3) is 2.83. The lowest BCUT2D eigenvalue weighted by Gasteiger charge is -2.37. The average molecular weight is 224 g/mol. The van der Waals surface area contributed by atoms with E-state index in [-0.39, 0.29) is 5.54 Å². The van der Waals surface area contributed by atoms with Gasteiger partial charge in [0, 0.05) is 44.5 Å². The van der Waals surface area contributed by atoms with E-state index in [9.17, 15) is 0 Å². The quantitative estimate of drug-likeness (QED) is 0.785. The molecule has 1 aromatic heterocycles. The van der Waals surface area contributed by atoms with Gasteiger partial charge in [-0.2, -0.15) is 0 Å². The maximum atomic E-state index is 5.83. The van der Waals surface area contributed by atoms with Crippen molar-refractivity contribution in [2.24, 2.45) is 12.8 Å². The predicted octanol–water partition coefficient (Wildman–Crippen LogP) is 1.02. The van der Waals surface area contributed by atoms with Gasteiger partial charge < -0.3 is 10.3 Å². The van der Waals surface area contributed by atoms with Crippen LogP contribution in [0.1, 0.15) is 26.1 Å². The summed E-state index contributed by atoms with van der Waals surface area (Å²) in [5.41, 5.74) is 5.94. The number of hydrogen-bond acceptors (Lipinski definition) is 3. The van der Waals surface area contributed by atoms with Crippen molar-refractivity contribution in [3.05, 3.63) is 18.2 Å². The lowest BCUT2D eigenvalue weighted by atomic mass is 9.97. The van der Waals surface area contributed by atoms with E-state index in [1.165, 1.54) is 0 Å². The van der Waals surface area contributed by atoms with Crippen LogP contribution < -0.4 is 5.73 Å². The lowest BCUT2D eigenvalue weighted by Crippen LogP contribution is -2.49. The summed E-state index contributed by atoms with van der Waals surface area (Å²) in [5, 5.41) is 0. The zero-order valence-electron chi connectivity index (χ0n) is 10.9. The Hall–Kier alpha value is -0.870. The van der Waals surface area contributed by atoms with Gasteiger partial charge in [-0.1, -0.05) is 6.92 Å². The van der Waals surface area contributed by atoms with Crippen LogP contribution >= 0.6 is 0 Å². The Morgan fingerprint density at radius 1 is 1.56 bits per heavy atom. The fourth-order valence-electron chi connectivity index (χ4n) is 1.75. The molecule has 4 heteroatoms.